The number of aliphatic hydroxyl groups excluding tert-OH is 1. The van der Waals surface area contributed by atoms with Crippen LogP contribution in [0.1, 0.15) is 23.6 Å². The van der Waals surface area contributed by atoms with E-state index in [4.69, 9.17) is 11.3 Å². The third-order valence-electron chi connectivity index (χ3n) is 6.58. The van der Waals surface area contributed by atoms with Crippen LogP contribution in [0, 0.1) is 12.4 Å². The molecule has 3 aromatic rings. The highest BCUT2D eigenvalue weighted by Crippen LogP contribution is 2.40. The van der Waals surface area contributed by atoms with E-state index < -0.39 is 5.82 Å². The van der Waals surface area contributed by atoms with Crippen LogP contribution < -0.4 is 15.0 Å². The molecule has 1 aromatic heterocycles. The molecule has 8 nitrogen and oxygen atoms in total. The molecule has 0 atom stereocenters. The number of aromatic nitrogens is 2. The minimum atomic E-state index is -0.476. The van der Waals surface area contributed by atoms with E-state index >= 15 is 4.39 Å². The SMILES string of the molecule is [C-]#[N+]c1c(Nc2ccc(N3CCN(C)CC3)cc2CO)ncnc1Oc1ccc2c(c1F)C=C(C)C2. The normalized spacial score (nSPS) is 15.3. The monoisotopic (exact) mass is 486 g/mol. The first-order chi connectivity index (χ1) is 17.5. The van der Waals surface area contributed by atoms with Crippen LogP contribution in [0.5, 0.6) is 11.6 Å². The number of nitrogens with one attached hydrogen (secondary N) is 1. The number of fused-ring (bicyclic) bond motifs is 1. The molecule has 0 amide bonds. The summed E-state index contributed by atoms with van der Waals surface area (Å²) in [6, 6.07) is 9.18. The van der Waals surface area contributed by atoms with Crippen LogP contribution in [-0.4, -0.2) is 53.2 Å². The number of ether oxygens (including phenoxy) is 1. The molecule has 0 radical (unpaired) electrons. The number of anilines is 3. The van der Waals surface area contributed by atoms with E-state index in [1.54, 1.807) is 6.07 Å². The van der Waals surface area contributed by atoms with Crippen molar-refractivity contribution < 1.29 is 14.2 Å². The minimum Gasteiger partial charge on any atom is -0.446 e. The van der Waals surface area contributed by atoms with E-state index in [0.717, 1.165) is 43.0 Å². The maximum atomic E-state index is 15.1. The van der Waals surface area contributed by atoms with Gasteiger partial charge in [0.25, 0.3) is 5.69 Å². The average molecular weight is 487 g/mol. The summed E-state index contributed by atoms with van der Waals surface area (Å²) < 4.78 is 20.9. The second kappa shape index (κ2) is 9.93. The van der Waals surface area contributed by atoms with Gasteiger partial charge in [0.05, 0.1) is 13.2 Å². The zero-order valence-corrected chi connectivity index (χ0v) is 20.3. The topological polar surface area (TPSA) is 78.1 Å². The lowest BCUT2D eigenvalue weighted by atomic mass is 10.1. The summed E-state index contributed by atoms with van der Waals surface area (Å²) in [6.45, 7) is 13.3. The fourth-order valence-corrected chi connectivity index (χ4v) is 4.56. The van der Waals surface area contributed by atoms with Crippen molar-refractivity contribution in [1.82, 2.24) is 14.9 Å². The number of piperazine rings is 1. The van der Waals surface area contributed by atoms with E-state index in [1.165, 1.54) is 6.33 Å². The number of allylic oxidation sites excluding steroid dienone is 1. The highest BCUT2D eigenvalue weighted by atomic mass is 19.1. The van der Waals surface area contributed by atoms with Gasteiger partial charge in [0.15, 0.2) is 11.6 Å². The second-order valence-corrected chi connectivity index (χ2v) is 9.12. The highest BCUT2D eigenvalue weighted by molar-refractivity contribution is 5.77. The first-order valence-electron chi connectivity index (χ1n) is 11.8. The molecule has 36 heavy (non-hydrogen) atoms. The lowest BCUT2D eigenvalue weighted by Gasteiger charge is -2.34. The van der Waals surface area contributed by atoms with Gasteiger partial charge in [-0.3, -0.25) is 0 Å². The minimum absolute atomic E-state index is 0.00169. The largest absolute Gasteiger partial charge is 0.446 e. The van der Waals surface area contributed by atoms with Crippen molar-refractivity contribution >= 4 is 29.0 Å². The van der Waals surface area contributed by atoms with E-state index in [2.05, 4.69) is 37.0 Å². The molecular formula is C27H27FN6O2. The second-order valence-electron chi connectivity index (χ2n) is 9.12. The molecule has 0 spiro atoms. The standard InChI is InChI=1S/C27H27FN6O2/c1-17-12-18-4-7-23(24(28)21(18)13-17)36-27-25(29-2)26(30-16-31-27)32-22-6-5-20(14-19(22)15-35)34-10-8-33(3)9-11-34/h4-7,13-14,16,35H,8-12,15H2,1,3H3,(H,30,31,32). The van der Waals surface area contributed by atoms with Crippen LogP contribution in [0.2, 0.25) is 0 Å². The lowest BCUT2D eigenvalue weighted by Crippen LogP contribution is -2.44. The van der Waals surface area contributed by atoms with Crippen molar-refractivity contribution in [3.8, 4) is 11.6 Å². The Kier molecular flexibility index (Phi) is 6.55. The molecule has 184 valence electrons. The summed E-state index contributed by atoms with van der Waals surface area (Å²) in [5.74, 6) is -0.300. The Bertz CT molecular complexity index is 1380. The van der Waals surface area contributed by atoms with Gasteiger partial charge < -0.3 is 25.0 Å². The number of benzene rings is 2. The third-order valence-corrected chi connectivity index (χ3v) is 6.58. The van der Waals surface area contributed by atoms with Crippen molar-refractivity contribution in [2.24, 2.45) is 0 Å². The molecule has 9 heteroatoms. The number of hydrogen-bond donors (Lipinski definition) is 2. The molecule has 1 fully saturated rings. The summed E-state index contributed by atoms with van der Waals surface area (Å²) in [5.41, 5.74) is 4.85. The van der Waals surface area contributed by atoms with Gasteiger partial charge in [-0.05, 0) is 50.2 Å². The Balaban J connectivity index is 1.41. The fourth-order valence-electron chi connectivity index (χ4n) is 4.56. The van der Waals surface area contributed by atoms with E-state index in [0.29, 0.717) is 23.2 Å². The van der Waals surface area contributed by atoms with Crippen LogP contribution in [0.25, 0.3) is 10.9 Å². The molecular weight excluding hydrogens is 459 g/mol. The quantitative estimate of drug-likeness (QED) is 0.480. The Labute approximate surface area is 209 Å². The molecule has 5 rings (SSSR count). The van der Waals surface area contributed by atoms with Crippen LogP contribution in [0.3, 0.4) is 0 Å². The van der Waals surface area contributed by atoms with E-state index in [1.807, 2.05) is 37.3 Å². The van der Waals surface area contributed by atoms with Crippen molar-refractivity contribution in [2.45, 2.75) is 20.0 Å². The average Bonchev–Trinajstić information content (AvgIpc) is 3.28. The Morgan fingerprint density at radius 3 is 2.72 bits per heavy atom. The lowest BCUT2D eigenvalue weighted by molar-refractivity contribution is 0.282. The van der Waals surface area contributed by atoms with Crippen molar-refractivity contribution in [3.63, 3.8) is 0 Å². The van der Waals surface area contributed by atoms with Gasteiger partial charge in [-0.1, -0.05) is 17.7 Å². The van der Waals surface area contributed by atoms with Gasteiger partial charge in [-0.25, -0.2) is 19.2 Å². The van der Waals surface area contributed by atoms with E-state index in [9.17, 15) is 5.11 Å². The molecule has 2 aromatic carbocycles. The van der Waals surface area contributed by atoms with E-state index in [-0.39, 0.29) is 29.7 Å². The van der Waals surface area contributed by atoms with Gasteiger partial charge in [0.1, 0.15) is 12.1 Å². The first kappa shape index (κ1) is 23.7. The maximum Gasteiger partial charge on any atom is 0.288 e. The zero-order chi connectivity index (χ0) is 25.2. The van der Waals surface area contributed by atoms with Crippen molar-refractivity contribution in [2.75, 3.05) is 43.4 Å². The van der Waals surface area contributed by atoms with Gasteiger partial charge >= 0.3 is 0 Å². The summed E-state index contributed by atoms with van der Waals surface area (Å²) in [6.07, 6.45) is 3.78. The smallest absolute Gasteiger partial charge is 0.288 e. The fraction of sp³-hybridized carbons (Fsp3) is 0.296. The van der Waals surface area contributed by atoms with Gasteiger partial charge in [-0.15, -0.1) is 0 Å². The molecule has 1 aliphatic carbocycles. The number of likely N-dealkylation sites (N-methyl/N-ethyl adjacent to an activating group) is 1. The van der Waals surface area contributed by atoms with Gasteiger partial charge in [-0.2, -0.15) is 0 Å². The van der Waals surface area contributed by atoms with Crippen LogP contribution in [-0.2, 0) is 13.0 Å². The van der Waals surface area contributed by atoms with Gasteiger partial charge in [0, 0.05) is 48.7 Å². The van der Waals surface area contributed by atoms with Crippen molar-refractivity contribution in [1.29, 1.82) is 0 Å². The Morgan fingerprint density at radius 1 is 1.17 bits per heavy atom. The molecule has 1 aliphatic heterocycles. The third kappa shape index (κ3) is 4.61. The highest BCUT2D eigenvalue weighted by Gasteiger charge is 2.22. The molecule has 1 saturated heterocycles. The number of rotatable bonds is 6. The number of aliphatic hydroxyl groups is 1. The Morgan fingerprint density at radius 2 is 1.97 bits per heavy atom. The van der Waals surface area contributed by atoms with Crippen LogP contribution in [0.15, 0.2) is 42.2 Å². The number of hydrogen-bond acceptors (Lipinski definition) is 7. The summed E-state index contributed by atoms with van der Waals surface area (Å²) in [7, 11) is 2.11. The molecule has 2 heterocycles. The number of halogens is 1. The summed E-state index contributed by atoms with van der Waals surface area (Å²) in [4.78, 5) is 16.4. The molecule has 0 saturated carbocycles. The summed E-state index contributed by atoms with van der Waals surface area (Å²) in [5, 5.41) is 13.2. The van der Waals surface area contributed by atoms with Crippen LogP contribution in [0.4, 0.5) is 27.3 Å². The summed E-state index contributed by atoms with van der Waals surface area (Å²) >= 11 is 0. The predicted molar refractivity (Wildman–Crippen MR) is 137 cm³/mol. The van der Waals surface area contributed by atoms with Gasteiger partial charge in [0.2, 0.25) is 5.88 Å². The maximum absolute atomic E-state index is 15.1. The molecule has 2 N–H and O–H groups in total. The first-order valence-corrected chi connectivity index (χ1v) is 11.8. The van der Waals surface area contributed by atoms with Crippen LogP contribution >= 0.6 is 0 Å². The Hall–Kier alpha value is -4.00. The van der Waals surface area contributed by atoms with Crippen molar-refractivity contribution in [3.05, 3.63) is 76.2 Å². The molecule has 0 bridgehead atoms. The zero-order valence-electron chi connectivity index (χ0n) is 20.3. The number of nitrogens with zero attached hydrogens (tertiary/aromatic N) is 5. The molecule has 2 aliphatic rings. The molecule has 0 unspecified atom stereocenters. The predicted octanol–water partition coefficient (Wildman–Crippen LogP) is 4.91.